The van der Waals surface area contributed by atoms with Gasteiger partial charge in [-0.05, 0) is 32.9 Å². The molecule has 1 heterocycles. The van der Waals surface area contributed by atoms with Crippen molar-refractivity contribution in [2.45, 2.75) is 26.3 Å². The van der Waals surface area contributed by atoms with Crippen LogP contribution in [-0.4, -0.2) is 42.9 Å². The van der Waals surface area contributed by atoms with Gasteiger partial charge in [-0.2, -0.15) is 0 Å². The molecule has 1 aliphatic rings. The van der Waals surface area contributed by atoms with E-state index in [0.29, 0.717) is 11.3 Å². The van der Waals surface area contributed by atoms with Crippen LogP contribution < -0.4 is 4.90 Å². The van der Waals surface area contributed by atoms with Gasteiger partial charge in [-0.25, -0.2) is 4.39 Å². The van der Waals surface area contributed by atoms with Crippen molar-refractivity contribution in [3.63, 3.8) is 0 Å². The van der Waals surface area contributed by atoms with Crippen LogP contribution in [0.5, 0.6) is 0 Å². The second-order valence-electron chi connectivity index (χ2n) is 5.94. The van der Waals surface area contributed by atoms with E-state index in [4.69, 9.17) is 0 Å². The summed E-state index contributed by atoms with van der Waals surface area (Å²) in [4.78, 5) is 15.4. The van der Waals surface area contributed by atoms with Gasteiger partial charge in [-0.1, -0.05) is 6.07 Å². The maximum atomic E-state index is 13.9. The summed E-state index contributed by atoms with van der Waals surface area (Å²) in [6.07, 6.45) is 0.731. The first-order valence-corrected chi connectivity index (χ1v) is 6.67. The largest absolute Gasteiger partial charge is 0.366 e. The molecule has 0 aromatic heterocycles. The van der Waals surface area contributed by atoms with E-state index in [-0.39, 0.29) is 11.4 Å². The normalized spacial score (nSPS) is 17.6. The second kappa shape index (κ2) is 5.29. The highest BCUT2D eigenvalue weighted by molar-refractivity contribution is 5.84. The Morgan fingerprint density at radius 1 is 1.16 bits per heavy atom. The standard InChI is InChI=1S/C15H21FN2O/c1-15(2,3)18-9-7-17(8-10-18)14-12(11-19)5-4-6-13(14)16/h4-6,11H,7-10H2,1-3H3. The molecule has 0 saturated carbocycles. The molecule has 0 unspecified atom stereocenters. The molecule has 1 aromatic rings. The third-order valence-corrected chi connectivity index (χ3v) is 3.69. The number of rotatable bonds is 2. The minimum absolute atomic E-state index is 0.134. The lowest BCUT2D eigenvalue weighted by Gasteiger charge is -2.43. The number of benzene rings is 1. The van der Waals surface area contributed by atoms with E-state index in [1.54, 1.807) is 12.1 Å². The molecule has 0 N–H and O–H groups in total. The van der Waals surface area contributed by atoms with Crippen LogP contribution in [0.2, 0.25) is 0 Å². The average molecular weight is 264 g/mol. The predicted molar refractivity (Wildman–Crippen MR) is 75.3 cm³/mol. The summed E-state index contributed by atoms with van der Waals surface area (Å²) < 4.78 is 13.9. The quantitative estimate of drug-likeness (QED) is 0.767. The molecule has 1 saturated heterocycles. The molecule has 0 amide bonds. The number of hydrogen-bond acceptors (Lipinski definition) is 3. The van der Waals surface area contributed by atoms with Gasteiger partial charge in [0.15, 0.2) is 6.29 Å². The number of piperazine rings is 1. The first-order valence-electron chi connectivity index (χ1n) is 6.67. The number of anilines is 1. The van der Waals surface area contributed by atoms with Crippen LogP contribution in [0.4, 0.5) is 10.1 Å². The summed E-state index contributed by atoms with van der Waals surface area (Å²) in [7, 11) is 0. The molecule has 0 radical (unpaired) electrons. The van der Waals surface area contributed by atoms with E-state index in [9.17, 15) is 9.18 Å². The molecule has 0 spiro atoms. The summed E-state index contributed by atoms with van der Waals surface area (Å²) in [5, 5.41) is 0. The lowest BCUT2D eigenvalue weighted by molar-refractivity contribution is 0.112. The molecule has 1 fully saturated rings. The third-order valence-electron chi connectivity index (χ3n) is 3.69. The van der Waals surface area contributed by atoms with Crippen LogP contribution in [0.25, 0.3) is 0 Å². The van der Waals surface area contributed by atoms with Crippen molar-refractivity contribution in [3.8, 4) is 0 Å². The van der Waals surface area contributed by atoms with Gasteiger partial charge in [0.05, 0.1) is 5.69 Å². The van der Waals surface area contributed by atoms with Crippen LogP contribution in [0.3, 0.4) is 0 Å². The van der Waals surface area contributed by atoms with E-state index in [2.05, 4.69) is 25.7 Å². The number of halogens is 1. The highest BCUT2D eigenvalue weighted by atomic mass is 19.1. The van der Waals surface area contributed by atoms with Crippen molar-refractivity contribution in [1.29, 1.82) is 0 Å². The van der Waals surface area contributed by atoms with E-state index < -0.39 is 0 Å². The minimum atomic E-state index is -0.311. The Labute approximate surface area is 114 Å². The summed E-state index contributed by atoms with van der Waals surface area (Å²) in [5.74, 6) is -0.311. The van der Waals surface area contributed by atoms with Gasteiger partial charge in [-0.3, -0.25) is 9.69 Å². The predicted octanol–water partition coefficient (Wildman–Crippen LogP) is 2.56. The van der Waals surface area contributed by atoms with Gasteiger partial charge in [0.1, 0.15) is 5.82 Å². The van der Waals surface area contributed by atoms with Crippen molar-refractivity contribution < 1.29 is 9.18 Å². The topological polar surface area (TPSA) is 23.6 Å². The van der Waals surface area contributed by atoms with Gasteiger partial charge in [0.2, 0.25) is 0 Å². The Kier molecular flexibility index (Phi) is 3.90. The van der Waals surface area contributed by atoms with Gasteiger partial charge in [0.25, 0.3) is 0 Å². The van der Waals surface area contributed by atoms with Crippen LogP contribution in [0.15, 0.2) is 18.2 Å². The van der Waals surface area contributed by atoms with Crippen LogP contribution in [-0.2, 0) is 0 Å². The summed E-state index contributed by atoms with van der Waals surface area (Å²) in [6.45, 7) is 9.82. The van der Waals surface area contributed by atoms with Crippen molar-refractivity contribution in [2.75, 3.05) is 31.1 Å². The van der Waals surface area contributed by atoms with E-state index in [1.165, 1.54) is 6.07 Å². The Bertz CT molecular complexity index is 460. The van der Waals surface area contributed by atoms with Gasteiger partial charge in [0, 0.05) is 37.3 Å². The minimum Gasteiger partial charge on any atom is -0.366 e. The number of aldehydes is 1. The van der Waals surface area contributed by atoms with Crippen molar-refractivity contribution in [3.05, 3.63) is 29.6 Å². The summed E-state index contributed by atoms with van der Waals surface area (Å²) in [6, 6.07) is 4.66. The SMILES string of the molecule is CC(C)(C)N1CCN(c2c(F)cccc2C=O)CC1. The van der Waals surface area contributed by atoms with Crippen LogP contribution >= 0.6 is 0 Å². The zero-order valence-electron chi connectivity index (χ0n) is 11.8. The fourth-order valence-electron chi connectivity index (χ4n) is 2.56. The molecule has 0 aliphatic carbocycles. The van der Waals surface area contributed by atoms with E-state index >= 15 is 0 Å². The molecule has 1 aromatic carbocycles. The molecular weight excluding hydrogens is 243 g/mol. The lowest BCUT2D eigenvalue weighted by Crippen LogP contribution is -2.53. The summed E-state index contributed by atoms with van der Waals surface area (Å²) in [5.41, 5.74) is 1.02. The number of carbonyl (C=O) groups excluding carboxylic acids is 1. The van der Waals surface area contributed by atoms with Crippen molar-refractivity contribution >= 4 is 12.0 Å². The number of nitrogens with zero attached hydrogens (tertiary/aromatic N) is 2. The monoisotopic (exact) mass is 264 g/mol. The smallest absolute Gasteiger partial charge is 0.152 e. The molecule has 19 heavy (non-hydrogen) atoms. The second-order valence-corrected chi connectivity index (χ2v) is 5.94. The Balaban J connectivity index is 2.16. The number of hydrogen-bond donors (Lipinski definition) is 0. The van der Waals surface area contributed by atoms with Gasteiger partial charge in [-0.15, -0.1) is 0 Å². The van der Waals surface area contributed by atoms with Crippen LogP contribution in [0.1, 0.15) is 31.1 Å². The molecule has 0 bridgehead atoms. The van der Waals surface area contributed by atoms with Gasteiger partial charge >= 0.3 is 0 Å². The fraction of sp³-hybridized carbons (Fsp3) is 0.533. The van der Waals surface area contributed by atoms with E-state index in [0.717, 1.165) is 32.5 Å². The molecule has 2 rings (SSSR count). The zero-order chi connectivity index (χ0) is 14.0. The highest BCUT2D eigenvalue weighted by Crippen LogP contribution is 2.26. The maximum Gasteiger partial charge on any atom is 0.152 e. The fourth-order valence-corrected chi connectivity index (χ4v) is 2.56. The zero-order valence-corrected chi connectivity index (χ0v) is 11.8. The molecule has 1 aliphatic heterocycles. The average Bonchev–Trinajstić information content (AvgIpc) is 2.37. The molecular formula is C15H21FN2O. The molecule has 104 valence electrons. The first-order chi connectivity index (χ1) is 8.93. The van der Waals surface area contributed by atoms with Crippen molar-refractivity contribution in [1.82, 2.24) is 4.90 Å². The molecule has 0 atom stereocenters. The Hall–Kier alpha value is -1.42. The van der Waals surface area contributed by atoms with E-state index in [1.807, 2.05) is 4.90 Å². The first kappa shape index (κ1) is 14.0. The van der Waals surface area contributed by atoms with Gasteiger partial charge < -0.3 is 4.90 Å². The maximum absolute atomic E-state index is 13.9. The third kappa shape index (κ3) is 2.95. The molecule has 3 nitrogen and oxygen atoms in total. The van der Waals surface area contributed by atoms with Crippen molar-refractivity contribution in [2.24, 2.45) is 0 Å². The number of para-hydroxylation sites is 1. The summed E-state index contributed by atoms with van der Waals surface area (Å²) >= 11 is 0. The van der Waals surface area contributed by atoms with Crippen LogP contribution in [0, 0.1) is 5.82 Å². The Morgan fingerprint density at radius 3 is 2.32 bits per heavy atom. The lowest BCUT2D eigenvalue weighted by atomic mass is 10.0. The number of carbonyl (C=O) groups is 1. The highest BCUT2D eigenvalue weighted by Gasteiger charge is 2.27. The Morgan fingerprint density at radius 2 is 1.79 bits per heavy atom. The molecule has 4 heteroatoms.